The van der Waals surface area contributed by atoms with E-state index in [1.807, 2.05) is 0 Å². The summed E-state index contributed by atoms with van der Waals surface area (Å²) in [7, 11) is 0. The van der Waals surface area contributed by atoms with Crippen LogP contribution in [-0.4, -0.2) is 34.5 Å². The van der Waals surface area contributed by atoms with Gasteiger partial charge in [-0.2, -0.15) is 26.3 Å². The summed E-state index contributed by atoms with van der Waals surface area (Å²) in [5.41, 5.74) is -4.09. The van der Waals surface area contributed by atoms with Crippen molar-refractivity contribution in [3.05, 3.63) is 94.3 Å². The Morgan fingerprint density at radius 3 is 2.04 bits per heavy atom. The molecule has 3 atom stereocenters. The first-order valence-electron chi connectivity index (χ1n) is 14.3. The van der Waals surface area contributed by atoms with E-state index in [9.17, 15) is 62.3 Å². The molecule has 1 aliphatic rings. The standard InChI is InChI=1S/C31H19Cl3F13N3O3/c1-12(48-20-7-6-19(36)25(24(20)37)50-21(51)8-9-27(38,30(42,43)44)53-31(45,46)47)15-11-14(3-4-17(15)32)49-26(52)23-22(28(23,33)34)13-2-5-18(35)16(10-13)29(39,40)41/h2-7,10-11,22-23,48H,1,8-9H2,(H,49,52)(H,50,51)/t22-,23+,27?/m0/s1. The summed E-state index contributed by atoms with van der Waals surface area (Å²) in [5.74, 6) is -15.2. The normalized spacial score (nSPS) is 18.2. The second kappa shape index (κ2) is 14.7. The van der Waals surface area contributed by atoms with Crippen molar-refractivity contribution in [2.24, 2.45) is 5.92 Å². The fourth-order valence-electron chi connectivity index (χ4n) is 4.98. The first-order chi connectivity index (χ1) is 24.2. The maximum Gasteiger partial charge on any atom is 0.525 e. The average Bonchev–Trinajstić information content (AvgIpc) is 3.60. The van der Waals surface area contributed by atoms with E-state index in [1.165, 1.54) is 23.5 Å². The number of amides is 2. The van der Waals surface area contributed by atoms with E-state index in [2.05, 4.69) is 21.9 Å². The molecule has 22 heteroatoms. The molecule has 6 nitrogen and oxygen atoms in total. The van der Waals surface area contributed by atoms with Gasteiger partial charge >= 0.3 is 24.6 Å². The Bertz CT molecular complexity index is 1940. The minimum atomic E-state index is -6.25. The Kier molecular flexibility index (Phi) is 11.6. The number of nitrogens with one attached hydrogen (secondary N) is 3. The zero-order valence-electron chi connectivity index (χ0n) is 25.7. The van der Waals surface area contributed by atoms with Gasteiger partial charge in [0.2, 0.25) is 11.8 Å². The highest BCUT2D eigenvalue weighted by Crippen LogP contribution is 2.65. The fourth-order valence-corrected chi connectivity index (χ4v) is 6.04. The van der Waals surface area contributed by atoms with Crippen LogP contribution >= 0.6 is 34.8 Å². The number of carbonyl (C=O) groups is 2. The van der Waals surface area contributed by atoms with Crippen LogP contribution in [0, 0.1) is 23.4 Å². The van der Waals surface area contributed by atoms with Crippen LogP contribution in [0.5, 0.6) is 0 Å². The number of benzene rings is 3. The van der Waals surface area contributed by atoms with Crippen LogP contribution in [0.3, 0.4) is 0 Å². The van der Waals surface area contributed by atoms with Gasteiger partial charge in [0.15, 0.2) is 5.82 Å². The number of halogens is 16. The summed E-state index contributed by atoms with van der Waals surface area (Å²) < 4.78 is 174. The zero-order valence-corrected chi connectivity index (χ0v) is 27.9. The van der Waals surface area contributed by atoms with Crippen molar-refractivity contribution in [1.82, 2.24) is 0 Å². The SMILES string of the molecule is C=C(Nc1ccc(F)c(NC(=O)CCC(F)(OC(F)(F)F)C(F)(F)F)c1F)c1cc(NC(=O)[C@H]2[C@H](c3ccc(F)c(C(F)(F)F)c3)C2(Cl)Cl)ccc1Cl. The van der Waals surface area contributed by atoms with Gasteiger partial charge in [-0.1, -0.05) is 24.2 Å². The molecule has 0 bridgehead atoms. The van der Waals surface area contributed by atoms with Crippen LogP contribution in [0.15, 0.2) is 55.1 Å². The molecule has 0 aromatic heterocycles. The summed E-state index contributed by atoms with van der Waals surface area (Å²) >= 11 is 18.6. The number of ether oxygens (including phenoxy) is 1. The maximum absolute atomic E-state index is 15.3. The predicted molar refractivity (Wildman–Crippen MR) is 166 cm³/mol. The van der Waals surface area contributed by atoms with E-state index in [0.717, 1.165) is 12.1 Å². The first kappa shape index (κ1) is 41.8. The molecule has 0 radical (unpaired) electrons. The van der Waals surface area contributed by atoms with Crippen molar-refractivity contribution < 1.29 is 71.4 Å². The quantitative estimate of drug-likeness (QED) is 0.133. The lowest BCUT2D eigenvalue weighted by atomic mass is 10.0. The molecular weight excluding hydrogens is 816 g/mol. The lowest BCUT2D eigenvalue weighted by Crippen LogP contribution is -2.47. The largest absolute Gasteiger partial charge is 0.525 e. The van der Waals surface area contributed by atoms with Crippen molar-refractivity contribution in [3.63, 3.8) is 0 Å². The van der Waals surface area contributed by atoms with Crippen molar-refractivity contribution in [1.29, 1.82) is 0 Å². The van der Waals surface area contributed by atoms with E-state index in [1.54, 1.807) is 0 Å². The molecule has 1 aliphatic carbocycles. The molecule has 288 valence electrons. The lowest BCUT2D eigenvalue weighted by molar-refractivity contribution is -0.448. The molecule has 0 heterocycles. The van der Waals surface area contributed by atoms with Crippen LogP contribution in [0.25, 0.3) is 5.70 Å². The summed E-state index contributed by atoms with van der Waals surface area (Å²) in [6.45, 7) is 3.65. The second-order valence-corrected chi connectivity index (χ2v) is 13.1. The zero-order chi connectivity index (χ0) is 40.1. The summed E-state index contributed by atoms with van der Waals surface area (Å²) in [6.07, 6.45) is -21.3. The van der Waals surface area contributed by atoms with Gasteiger partial charge in [-0.15, -0.1) is 36.4 Å². The van der Waals surface area contributed by atoms with Gasteiger partial charge in [0.1, 0.15) is 21.7 Å². The number of hydrogen-bond donors (Lipinski definition) is 3. The van der Waals surface area contributed by atoms with E-state index in [-0.39, 0.29) is 27.5 Å². The first-order valence-corrected chi connectivity index (χ1v) is 15.4. The molecule has 1 fully saturated rings. The van der Waals surface area contributed by atoms with Crippen molar-refractivity contribution in [2.45, 2.75) is 47.7 Å². The Labute approximate surface area is 304 Å². The predicted octanol–water partition coefficient (Wildman–Crippen LogP) is 10.9. The number of carbonyl (C=O) groups excluding carboxylic acids is 2. The van der Waals surface area contributed by atoms with Gasteiger partial charge in [0.25, 0.3) is 0 Å². The van der Waals surface area contributed by atoms with Crippen molar-refractivity contribution in [3.8, 4) is 0 Å². The molecule has 1 unspecified atom stereocenters. The van der Waals surface area contributed by atoms with Gasteiger partial charge in [0.05, 0.1) is 22.2 Å². The number of anilines is 3. The highest BCUT2D eigenvalue weighted by Gasteiger charge is 2.68. The van der Waals surface area contributed by atoms with E-state index < -0.39 is 99.8 Å². The number of rotatable bonds is 11. The molecule has 53 heavy (non-hydrogen) atoms. The number of alkyl halides is 12. The van der Waals surface area contributed by atoms with Crippen molar-refractivity contribution in [2.75, 3.05) is 16.0 Å². The Balaban J connectivity index is 1.47. The Hall–Kier alpha value is -3.94. The minimum absolute atomic E-state index is 0.0351. The molecule has 2 amide bonds. The highest BCUT2D eigenvalue weighted by molar-refractivity contribution is 6.53. The molecule has 0 saturated heterocycles. The van der Waals surface area contributed by atoms with Crippen LogP contribution in [0.1, 0.15) is 35.4 Å². The van der Waals surface area contributed by atoms with Crippen molar-refractivity contribution >= 4 is 69.4 Å². The third-order valence-corrected chi connectivity index (χ3v) is 8.84. The monoisotopic (exact) mass is 833 g/mol. The van der Waals surface area contributed by atoms with E-state index in [0.29, 0.717) is 18.2 Å². The van der Waals surface area contributed by atoms with E-state index >= 15 is 4.39 Å². The molecule has 3 N–H and O–H groups in total. The van der Waals surface area contributed by atoms with Gasteiger partial charge in [-0.3, -0.25) is 9.59 Å². The molecule has 0 aliphatic heterocycles. The smallest absolute Gasteiger partial charge is 0.353 e. The molecule has 3 aromatic rings. The maximum atomic E-state index is 15.3. The minimum Gasteiger partial charge on any atom is -0.353 e. The summed E-state index contributed by atoms with van der Waals surface area (Å²) in [6, 6.07) is 6.99. The van der Waals surface area contributed by atoms with Gasteiger partial charge in [0, 0.05) is 35.7 Å². The highest BCUT2D eigenvalue weighted by atomic mass is 35.5. The molecule has 1 saturated carbocycles. The van der Waals surface area contributed by atoms with E-state index in [4.69, 9.17) is 34.8 Å². The van der Waals surface area contributed by atoms with Crippen LogP contribution in [0.4, 0.5) is 74.1 Å². The molecule has 3 aromatic carbocycles. The number of hydrogen-bond acceptors (Lipinski definition) is 4. The summed E-state index contributed by atoms with van der Waals surface area (Å²) in [5, 5.41) is 6.24. The third-order valence-electron chi connectivity index (χ3n) is 7.57. The lowest BCUT2D eigenvalue weighted by Gasteiger charge is -2.28. The second-order valence-electron chi connectivity index (χ2n) is 11.3. The average molecular weight is 835 g/mol. The molecule has 0 spiro atoms. The Morgan fingerprint density at radius 2 is 1.45 bits per heavy atom. The van der Waals surface area contributed by atoms with Gasteiger partial charge in [-0.25, -0.2) is 22.3 Å². The van der Waals surface area contributed by atoms with Crippen LogP contribution in [-0.2, 0) is 20.5 Å². The third kappa shape index (κ3) is 9.42. The topological polar surface area (TPSA) is 79.5 Å². The van der Waals surface area contributed by atoms with Crippen LogP contribution in [0.2, 0.25) is 5.02 Å². The molecular formula is C31H19Cl3F13N3O3. The Morgan fingerprint density at radius 1 is 0.830 bits per heavy atom. The van der Waals surface area contributed by atoms with Gasteiger partial charge in [-0.05, 0) is 48.0 Å². The van der Waals surface area contributed by atoms with Gasteiger partial charge < -0.3 is 16.0 Å². The molecule has 4 rings (SSSR count). The van der Waals surface area contributed by atoms with Crippen LogP contribution < -0.4 is 16.0 Å². The summed E-state index contributed by atoms with van der Waals surface area (Å²) in [4.78, 5) is 25.3. The fraction of sp³-hybridized carbons (Fsp3) is 0.290.